The fourth-order valence-corrected chi connectivity index (χ4v) is 4.05. The topological polar surface area (TPSA) is 84.5 Å². The second-order valence-corrected chi connectivity index (χ2v) is 7.12. The minimum Gasteiger partial charge on any atom is -0.452 e. The van der Waals surface area contributed by atoms with E-state index in [9.17, 15) is 14.4 Å². The van der Waals surface area contributed by atoms with Crippen molar-refractivity contribution in [1.29, 1.82) is 0 Å². The maximum atomic E-state index is 12.4. The van der Waals surface area contributed by atoms with Gasteiger partial charge in [-0.1, -0.05) is 0 Å². The van der Waals surface area contributed by atoms with E-state index in [2.05, 4.69) is 10.6 Å². The van der Waals surface area contributed by atoms with Gasteiger partial charge in [-0.25, -0.2) is 4.79 Å². The first-order valence-corrected chi connectivity index (χ1v) is 8.75. The maximum absolute atomic E-state index is 12.4. The average molecular weight is 336 g/mol. The van der Waals surface area contributed by atoms with Crippen molar-refractivity contribution in [2.75, 3.05) is 11.9 Å². The van der Waals surface area contributed by atoms with E-state index in [0.29, 0.717) is 10.6 Å². The van der Waals surface area contributed by atoms with E-state index in [-0.39, 0.29) is 24.5 Å². The minimum absolute atomic E-state index is 0.218. The first-order valence-electron chi connectivity index (χ1n) is 7.93. The van der Waals surface area contributed by atoms with Gasteiger partial charge in [0.25, 0.3) is 5.91 Å². The van der Waals surface area contributed by atoms with Gasteiger partial charge in [0.1, 0.15) is 5.00 Å². The standard InChI is InChI=1S/C16H20N2O4S/c1-9(19)17-15-14(11-4-2-3-5-12(11)23-15)16(21)22-8-13(20)18-10-6-7-10/h10H,2-8H2,1H3,(H,17,19)(H,18,20). The van der Waals surface area contributed by atoms with Crippen LogP contribution in [0.25, 0.3) is 0 Å². The summed E-state index contributed by atoms with van der Waals surface area (Å²) in [5.41, 5.74) is 1.40. The lowest BCUT2D eigenvalue weighted by Crippen LogP contribution is -2.30. The molecule has 0 aromatic carbocycles. The van der Waals surface area contributed by atoms with Crippen LogP contribution in [0.4, 0.5) is 5.00 Å². The molecule has 0 radical (unpaired) electrons. The molecule has 0 spiro atoms. The zero-order chi connectivity index (χ0) is 16.4. The molecular weight excluding hydrogens is 316 g/mol. The Morgan fingerprint density at radius 3 is 2.65 bits per heavy atom. The second-order valence-electron chi connectivity index (χ2n) is 6.01. The zero-order valence-corrected chi connectivity index (χ0v) is 13.9. The van der Waals surface area contributed by atoms with Crippen LogP contribution in [-0.4, -0.2) is 30.4 Å². The molecule has 2 N–H and O–H groups in total. The fraction of sp³-hybridized carbons (Fsp3) is 0.562. The molecule has 1 aromatic heterocycles. The number of amides is 2. The van der Waals surface area contributed by atoms with Gasteiger partial charge in [0.15, 0.2) is 6.61 Å². The van der Waals surface area contributed by atoms with Gasteiger partial charge in [-0.2, -0.15) is 0 Å². The van der Waals surface area contributed by atoms with Crippen molar-refractivity contribution >= 4 is 34.1 Å². The molecule has 1 heterocycles. The molecule has 23 heavy (non-hydrogen) atoms. The molecule has 2 aliphatic carbocycles. The Hall–Kier alpha value is -1.89. The van der Waals surface area contributed by atoms with E-state index in [1.54, 1.807) is 0 Å². The number of thiophene rings is 1. The number of aryl methyl sites for hydroxylation is 1. The van der Waals surface area contributed by atoms with Gasteiger partial charge in [-0.05, 0) is 44.1 Å². The monoisotopic (exact) mass is 336 g/mol. The molecule has 0 unspecified atom stereocenters. The van der Waals surface area contributed by atoms with Crippen molar-refractivity contribution < 1.29 is 19.1 Å². The summed E-state index contributed by atoms with van der Waals surface area (Å²) in [5.74, 6) is -1.02. The van der Waals surface area contributed by atoms with Crippen molar-refractivity contribution in [3.8, 4) is 0 Å². The van der Waals surface area contributed by atoms with Crippen molar-refractivity contribution in [3.05, 3.63) is 16.0 Å². The molecule has 0 aliphatic heterocycles. The van der Waals surface area contributed by atoms with Crippen LogP contribution in [0.2, 0.25) is 0 Å². The van der Waals surface area contributed by atoms with E-state index >= 15 is 0 Å². The van der Waals surface area contributed by atoms with Crippen LogP contribution >= 0.6 is 11.3 Å². The number of nitrogens with one attached hydrogen (secondary N) is 2. The van der Waals surface area contributed by atoms with Crippen LogP contribution in [0.5, 0.6) is 0 Å². The molecule has 1 aromatic rings. The normalized spacial score (nSPS) is 16.4. The van der Waals surface area contributed by atoms with Gasteiger partial charge in [0, 0.05) is 17.8 Å². The Labute approximate surface area is 138 Å². The van der Waals surface area contributed by atoms with Crippen molar-refractivity contribution in [2.24, 2.45) is 0 Å². The molecule has 1 saturated carbocycles. The highest BCUT2D eigenvalue weighted by atomic mass is 32.1. The molecule has 0 bridgehead atoms. The third-order valence-electron chi connectivity index (χ3n) is 3.94. The largest absolute Gasteiger partial charge is 0.452 e. The minimum atomic E-state index is -0.529. The average Bonchev–Trinajstić information content (AvgIpc) is 3.23. The number of anilines is 1. The lowest BCUT2D eigenvalue weighted by Gasteiger charge is -2.12. The van der Waals surface area contributed by atoms with Crippen LogP contribution in [0.3, 0.4) is 0 Å². The molecular formula is C16H20N2O4S. The molecule has 7 heteroatoms. The lowest BCUT2D eigenvalue weighted by atomic mass is 9.95. The van der Waals surface area contributed by atoms with Crippen LogP contribution in [-0.2, 0) is 27.2 Å². The molecule has 1 fully saturated rings. The molecule has 2 aliphatic rings. The summed E-state index contributed by atoms with van der Waals surface area (Å²) < 4.78 is 5.17. The molecule has 6 nitrogen and oxygen atoms in total. The summed E-state index contributed by atoms with van der Waals surface area (Å²) in [6.07, 6.45) is 5.82. The van der Waals surface area contributed by atoms with Crippen molar-refractivity contribution in [3.63, 3.8) is 0 Å². The predicted molar refractivity (Wildman–Crippen MR) is 86.7 cm³/mol. The summed E-state index contributed by atoms with van der Waals surface area (Å²) in [7, 11) is 0. The summed E-state index contributed by atoms with van der Waals surface area (Å²) >= 11 is 1.44. The lowest BCUT2D eigenvalue weighted by molar-refractivity contribution is -0.124. The number of hydrogen-bond acceptors (Lipinski definition) is 5. The number of ether oxygens (including phenoxy) is 1. The van der Waals surface area contributed by atoms with Gasteiger partial charge < -0.3 is 15.4 Å². The SMILES string of the molecule is CC(=O)Nc1sc2c(c1C(=O)OCC(=O)NC1CC1)CCCC2. The number of fused-ring (bicyclic) bond motifs is 1. The Bertz CT molecular complexity index is 649. The van der Waals surface area contributed by atoms with Gasteiger partial charge in [0.2, 0.25) is 5.91 Å². The molecule has 124 valence electrons. The number of esters is 1. The van der Waals surface area contributed by atoms with Crippen LogP contribution in [0.1, 0.15) is 53.4 Å². The van der Waals surface area contributed by atoms with Gasteiger partial charge in [-0.3, -0.25) is 9.59 Å². The Kier molecular flexibility index (Phi) is 4.66. The third-order valence-corrected chi connectivity index (χ3v) is 5.15. The van der Waals surface area contributed by atoms with E-state index in [1.807, 2.05) is 0 Å². The third kappa shape index (κ3) is 3.90. The Morgan fingerprint density at radius 2 is 1.96 bits per heavy atom. The number of carbonyl (C=O) groups excluding carboxylic acids is 3. The summed E-state index contributed by atoms with van der Waals surface area (Å²) in [5, 5.41) is 6.04. The van der Waals surface area contributed by atoms with Crippen molar-refractivity contribution in [1.82, 2.24) is 5.32 Å². The highest BCUT2D eigenvalue weighted by molar-refractivity contribution is 7.17. The van der Waals surface area contributed by atoms with E-state index in [0.717, 1.165) is 49.0 Å². The summed E-state index contributed by atoms with van der Waals surface area (Å²) in [6.45, 7) is 1.14. The van der Waals surface area contributed by atoms with Crippen LogP contribution in [0, 0.1) is 0 Å². The highest BCUT2D eigenvalue weighted by Crippen LogP contribution is 2.38. The fourth-order valence-electron chi connectivity index (χ4n) is 2.73. The molecule has 0 saturated heterocycles. The summed E-state index contributed by atoms with van der Waals surface area (Å²) in [4.78, 5) is 36.6. The predicted octanol–water partition coefficient (Wildman–Crippen LogP) is 2.02. The van der Waals surface area contributed by atoms with Gasteiger partial charge in [-0.15, -0.1) is 11.3 Å². The number of carbonyl (C=O) groups is 3. The quantitative estimate of drug-likeness (QED) is 0.806. The van der Waals surface area contributed by atoms with Crippen molar-refractivity contribution in [2.45, 2.75) is 51.5 Å². The van der Waals surface area contributed by atoms with E-state index in [4.69, 9.17) is 4.74 Å². The first kappa shape index (κ1) is 16.0. The van der Waals surface area contributed by atoms with E-state index < -0.39 is 5.97 Å². The molecule has 2 amide bonds. The van der Waals surface area contributed by atoms with Crippen LogP contribution < -0.4 is 10.6 Å². The first-order chi connectivity index (χ1) is 11.0. The molecule has 3 rings (SSSR count). The molecule has 0 atom stereocenters. The van der Waals surface area contributed by atoms with Gasteiger partial charge >= 0.3 is 5.97 Å². The maximum Gasteiger partial charge on any atom is 0.341 e. The zero-order valence-electron chi connectivity index (χ0n) is 13.1. The van der Waals surface area contributed by atoms with E-state index in [1.165, 1.54) is 18.3 Å². The second kappa shape index (κ2) is 6.70. The number of rotatable bonds is 5. The van der Waals surface area contributed by atoms with Crippen LogP contribution in [0.15, 0.2) is 0 Å². The van der Waals surface area contributed by atoms with Gasteiger partial charge in [0.05, 0.1) is 5.56 Å². The summed E-state index contributed by atoms with van der Waals surface area (Å²) in [6, 6.07) is 0.241. The Morgan fingerprint density at radius 1 is 1.22 bits per heavy atom. The Balaban J connectivity index is 1.73. The smallest absolute Gasteiger partial charge is 0.341 e. The highest BCUT2D eigenvalue weighted by Gasteiger charge is 2.28. The number of hydrogen-bond donors (Lipinski definition) is 2.